The Kier molecular flexibility index (Phi) is 5.79. The molecule has 1 N–H and O–H groups in total. The van der Waals surface area contributed by atoms with E-state index >= 15 is 0 Å². The lowest BCUT2D eigenvalue weighted by atomic mass is 10.1. The summed E-state index contributed by atoms with van der Waals surface area (Å²) in [5, 5.41) is 7.52. The predicted octanol–water partition coefficient (Wildman–Crippen LogP) is 2.95. The van der Waals surface area contributed by atoms with E-state index in [2.05, 4.69) is 33.6 Å². The van der Waals surface area contributed by atoms with E-state index in [4.69, 9.17) is 4.52 Å². The summed E-state index contributed by atoms with van der Waals surface area (Å²) < 4.78 is 5.47. The molecule has 0 saturated carbocycles. The van der Waals surface area contributed by atoms with Crippen molar-refractivity contribution in [3.8, 4) is 11.3 Å². The summed E-state index contributed by atoms with van der Waals surface area (Å²) in [6, 6.07) is 12.9. The zero-order valence-electron chi connectivity index (χ0n) is 12.3. The molecular formula is C16H22ClN3O. The molecule has 1 aliphatic heterocycles. The molecule has 1 aliphatic rings. The number of hydrogen-bond donors (Lipinski definition) is 1. The van der Waals surface area contributed by atoms with Gasteiger partial charge in [0.15, 0.2) is 5.76 Å². The van der Waals surface area contributed by atoms with Crippen LogP contribution >= 0.6 is 12.4 Å². The van der Waals surface area contributed by atoms with E-state index in [-0.39, 0.29) is 12.4 Å². The summed E-state index contributed by atoms with van der Waals surface area (Å²) >= 11 is 0. The lowest BCUT2D eigenvalue weighted by Gasteiger charge is -2.30. The molecule has 3 rings (SSSR count). The molecule has 0 unspecified atom stereocenters. The highest BCUT2D eigenvalue weighted by Crippen LogP contribution is 2.20. The van der Waals surface area contributed by atoms with E-state index in [9.17, 15) is 0 Å². The Morgan fingerprint density at radius 1 is 1.24 bits per heavy atom. The first kappa shape index (κ1) is 16.0. The fraction of sp³-hybridized carbons (Fsp3) is 0.438. The van der Waals surface area contributed by atoms with Gasteiger partial charge < -0.3 is 9.84 Å². The summed E-state index contributed by atoms with van der Waals surface area (Å²) in [6.07, 6.45) is 2.41. The monoisotopic (exact) mass is 307 g/mol. The molecule has 0 atom stereocenters. The van der Waals surface area contributed by atoms with Crippen molar-refractivity contribution in [3.63, 3.8) is 0 Å². The Labute approximate surface area is 131 Å². The molecule has 21 heavy (non-hydrogen) atoms. The Bertz CT molecular complexity index is 535. The number of aromatic nitrogens is 1. The van der Waals surface area contributed by atoms with Crippen molar-refractivity contribution < 1.29 is 4.52 Å². The lowest BCUT2D eigenvalue weighted by molar-refractivity contribution is 0.176. The number of halogens is 1. The molecule has 0 radical (unpaired) electrons. The molecule has 114 valence electrons. The molecule has 5 heteroatoms. The van der Waals surface area contributed by atoms with Crippen LogP contribution in [0.1, 0.15) is 18.6 Å². The van der Waals surface area contributed by atoms with Crippen LogP contribution in [0, 0.1) is 0 Å². The van der Waals surface area contributed by atoms with Gasteiger partial charge >= 0.3 is 0 Å². The van der Waals surface area contributed by atoms with Crippen LogP contribution in [0.3, 0.4) is 0 Å². The molecule has 1 aromatic heterocycles. The first-order chi connectivity index (χ1) is 9.85. The van der Waals surface area contributed by atoms with Gasteiger partial charge in [0.2, 0.25) is 0 Å². The third kappa shape index (κ3) is 4.06. The molecular weight excluding hydrogens is 286 g/mol. The van der Waals surface area contributed by atoms with Gasteiger partial charge in [0.1, 0.15) is 5.69 Å². The van der Waals surface area contributed by atoms with E-state index in [0.29, 0.717) is 6.04 Å². The number of hydrogen-bond acceptors (Lipinski definition) is 4. The van der Waals surface area contributed by atoms with Crippen LogP contribution in [0.2, 0.25) is 0 Å². The minimum Gasteiger partial charge on any atom is -0.359 e. The Morgan fingerprint density at radius 3 is 2.62 bits per heavy atom. The van der Waals surface area contributed by atoms with Gasteiger partial charge in [-0.25, -0.2) is 0 Å². The maximum Gasteiger partial charge on any atom is 0.151 e. The maximum atomic E-state index is 5.47. The summed E-state index contributed by atoms with van der Waals surface area (Å²) in [7, 11) is 2.04. The molecule has 0 bridgehead atoms. The molecule has 1 aromatic carbocycles. The van der Waals surface area contributed by atoms with Crippen molar-refractivity contribution in [2.45, 2.75) is 25.4 Å². The van der Waals surface area contributed by atoms with Gasteiger partial charge in [0.25, 0.3) is 0 Å². The average molecular weight is 308 g/mol. The molecule has 0 amide bonds. The SMILES string of the molecule is CNC1CCN(Cc2cc(-c3ccccc3)no2)CC1.Cl. The minimum atomic E-state index is 0. The summed E-state index contributed by atoms with van der Waals surface area (Å²) in [4.78, 5) is 2.43. The van der Waals surface area contributed by atoms with Gasteiger partial charge in [-0.05, 0) is 19.9 Å². The van der Waals surface area contributed by atoms with Gasteiger partial charge in [0.05, 0.1) is 6.54 Å². The lowest BCUT2D eigenvalue weighted by Crippen LogP contribution is -2.40. The standard InChI is InChI=1S/C16H21N3O.ClH/c1-17-14-7-9-19(10-8-14)12-15-11-16(18-20-15)13-5-3-2-4-6-13;/h2-6,11,14,17H,7-10,12H2,1H3;1H. The van der Waals surface area contributed by atoms with Crippen LogP contribution in [-0.2, 0) is 6.54 Å². The normalized spacial score (nSPS) is 16.6. The number of benzene rings is 1. The summed E-state index contributed by atoms with van der Waals surface area (Å²) in [5.74, 6) is 0.951. The van der Waals surface area contributed by atoms with E-state index < -0.39 is 0 Å². The van der Waals surface area contributed by atoms with Gasteiger partial charge in [-0.1, -0.05) is 35.5 Å². The second-order valence-corrected chi connectivity index (χ2v) is 5.38. The van der Waals surface area contributed by atoms with Gasteiger partial charge in [0, 0.05) is 30.8 Å². The van der Waals surface area contributed by atoms with Crippen molar-refractivity contribution in [2.75, 3.05) is 20.1 Å². The highest BCUT2D eigenvalue weighted by atomic mass is 35.5. The molecule has 0 spiro atoms. The molecule has 1 saturated heterocycles. The Morgan fingerprint density at radius 2 is 1.95 bits per heavy atom. The number of piperidine rings is 1. The van der Waals surface area contributed by atoms with Crippen LogP contribution in [0.15, 0.2) is 40.9 Å². The average Bonchev–Trinajstić information content (AvgIpc) is 2.97. The second kappa shape index (κ2) is 7.59. The molecule has 1 fully saturated rings. The first-order valence-corrected chi connectivity index (χ1v) is 7.26. The second-order valence-electron chi connectivity index (χ2n) is 5.38. The maximum absolute atomic E-state index is 5.47. The number of nitrogens with one attached hydrogen (secondary N) is 1. The fourth-order valence-electron chi connectivity index (χ4n) is 2.73. The third-order valence-electron chi connectivity index (χ3n) is 4.00. The van der Waals surface area contributed by atoms with Crippen molar-refractivity contribution in [1.29, 1.82) is 0 Å². The van der Waals surface area contributed by atoms with Crippen molar-refractivity contribution in [3.05, 3.63) is 42.2 Å². The number of nitrogens with zero attached hydrogens (tertiary/aromatic N) is 2. The zero-order valence-corrected chi connectivity index (χ0v) is 13.1. The Balaban J connectivity index is 0.00000161. The topological polar surface area (TPSA) is 41.3 Å². The van der Waals surface area contributed by atoms with Crippen LogP contribution in [0.25, 0.3) is 11.3 Å². The van der Waals surface area contributed by atoms with Gasteiger partial charge in [-0.3, -0.25) is 4.90 Å². The van der Waals surface area contributed by atoms with Crippen molar-refractivity contribution in [1.82, 2.24) is 15.4 Å². The van der Waals surface area contributed by atoms with E-state index in [1.54, 1.807) is 0 Å². The van der Waals surface area contributed by atoms with E-state index in [1.165, 1.54) is 12.8 Å². The smallest absolute Gasteiger partial charge is 0.151 e. The fourth-order valence-corrected chi connectivity index (χ4v) is 2.73. The van der Waals surface area contributed by atoms with Crippen LogP contribution in [0.5, 0.6) is 0 Å². The van der Waals surface area contributed by atoms with Crippen molar-refractivity contribution in [2.24, 2.45) is 0 Å². The molecule has 2 heterocycles. The van der Waals surface area contributed by atoms with E-state index in [0.717, 1.165) is 36.7 Å². The predicted molar refractivity (Wildman–Crippen MR) is 86.5 cm³/mol. The van der Waals surface area contributed by atoms with Crippen LogP contribution in [-0.4, -0.2) is 36.2 Å². The summed E-state index contributed by atoms with van der Waals surface area (Å²) in [6.45, 7) is 3.09. The number of rotatable bonds is 4. The first-order valence-electron chi connectivity index (χ1n) is 7.26. The summed E-state index contributed by atoms with van der Waals surface area (Å²) in [5.41, 5.74) is 2.03. The molecule has 4 nitrogen and oxygen atoms in total. The van der Waals surface area contributed by atoms with Gasteiger partial charge in [-0.15, -0.1) is 12.4 Å². The van der Waals surface area contributed by atoms with Gasteiger partial charge in [-0.2, -0.15) is 0 Å². The number of likely N-dealkylation sites (tertiary alicyclic amines) is 1. The Hall–Kier alpha value is -1.36. The highest BCUT2D eigenvalue weighted by molar-refractivity contribution is 5.85. The molecule has 2 aromatic rings. The molecule has 0 aliphatic carbocycles. The zero-order chi connectivity index (χ0) is 13.8. The minimum absolute atomic E-state index is 0. The quantitative estimate of drug-likeness (QED) is 0.943. The highest BCUT2D eigenvalue weighted by Gasteiger charge is 2.19. The largest absolute Gasteiger partial charge is 0.359 e. The van der Waals surface area contributed by atoms with Crippen molar-refractivity contribution >= 4 is 12.4 Å². The van der Waals surface area contributed by atoms with Crippen LogP contribution in [0.4, 0.5) is 0 Å². The third-order valence-corrected chi connectivity index (χ3v) is 4.00. The van der Waals surface area contributed by atoms with Crippen LogP contribution < -0.4 is 5.32 Å². The van der Waals surface area contributed by atoms with E-state index in [1.807, 2.05) is 25.2 Å².